The van der Waals surface area contributed by atoms with Crippen LogP contribution in [0, 0.1) is 6.92 Å². The zero-order valence-electron chi connectivity index (χ0n) is 17.3. The molecule has 0 bridgehead atoms. The maximum Gasteiger partial charge on any atom is 0.254 e. The van der Waals surface area contributed by atoms with Gasteiger partial charge in [0.05, 0.1) is 14.2 Å². The Kier molecular flexibility index (Phi) is 5.61. The highest BCUT2D eigenvalue weighted by molar-refractivity contribution is 5.94. The number of nitrogens with zero attached hydrogens (tertiary/aromatic N) is 4. The van der Waals surface area contributed by atoms with Crippen molar-refractivity contribution in [1.29, 1.82) is 0 Å². The molecule has 1 aliphatic heterocycles. The molecular formula is C23H24N4O3. The molecule has 1 aromatic carbocycles. The lowest BCUT2D eigenvalue weighted by atomic mass is 9.86. The number of likely N-dealkylation sites (tertiary alicyclic amines) is 1. The first-order chi connectivity index (χ1) is 14.6. The maximum atomic E-state index is 13.1. The van der Waals surface area contributed by atoms with Gasteiger partial charge in [0.25, 0.3) is 5.91 Å². The van der Waals surface area contributed by atoms with Crippen molar-refractivity contribution < 1.29 is 14.3 Å². The number of carbonyl (C=O) groups excluding carboxylic acids is 1. The number of rotatable bonds is 5. The molecule has 2 atom stereocenters. The molecule has 7 nitrogen and oxygen atoms in total. The van der Waals surface area contributed by atoms with E-state index in [-0.39, 0.29) is 17.7 Å². The van der Waals surface area contributed by atoms with E-state index in [4.69, 9.17) is 9.47 Å². The van der Waals surface area contributed by atoms with Crippen LogP contribution in [0.2, 0.25) is 0 Å². The van der Waals surface area contributed by atoms with Crippen LogP contribution in [0.1, 0.15) is 39.3 Å². The Morgan fingerprint density at radius 2 is 1.70 bits per heavy atom. The molecule has 0 radical (unpaired) electrons. The average Bonchev–Trinajstić information content (AvgIpc) is 3.24. The number of aryl methyl sites for hydroxylation is 1. The van der Waals surface area contributed by atoms with E-state index in [1.165, 1.54) is 0 Å². The molecule has 1 fully saturated rings. The van der Waals surface area contributed by atoms with Gasteiger partial charge >= 0.3 is 0 Å². The Bertz CT molecular complexity index is 1040. The van der Waals surface area contributed by atoms with Gasteiger partial charge in [-0.05, 0) is 42.8 Å². The highest BCUT2D eigenvalue weighted by atomic mass is 16.5. The van der Waals surface area contributed by atoms with Crippen LogP contribution in [-0.4, -0.2) is 53.1 Å². The molecule has 1 aliphatic rings. The predicted molar refractivity (Wildman–Crippen MR) is 112 cm³/mol. The van der Waals surface area contributed by atoms with Gasteiger partial charge in [0, 0.05) is 54.8 Å². The molecule has 0 aliphatic carbocycles. The monoisotopic (exact) mass is 404 g/mol. The Morgan fingerprint density at radius 3 is 2.40 bits per heavy atom. The highest BCUT2D eigenvalue weighted by Gasteiger charge is 2.38. The van der Waals surface area contributed by atoms with Crippen LogP contribution < -0.4 is 9.47 Å². The second-order valence-electron chi connectivity index (χ2n) is 7.30. The van der Waals surface area contributed by atoms with Crippen molar-refractivity contribution >= 4 is 5.91 Å². The largest absolute Gasteiger partial charge is 0.493 e. The molecule has 0 unspecified atom stereocenters. The van der Waals surface area contributed by atoms with Crippen molar-refractivity contribution in [3.05, 3.63) is 77.6 Å². The van der Waals surface area contributed by atoms with Gasteiger partial charge in [0.1, 0.15) is 5.82 Å². The number of ether oxygens (including phenoxy) is 2. The van der Waals surface area contributed by atoms with Crippen molar-refractivity contribution in [2.24, 2.45) is 0 Å². The van der Waals surface area contributed by atoms with Crippen molar-refractivity contribution in [2.45, 2.75) is 18.8 Å². The zero-order chi connectivity index (χ0) is 21.1. The number of hydrogen-bond donors (Lipinski definition) is 0. The van der Waals surface area contributed by atoms with Crippen LogP contribution in [0.3, 0.4) is 0 Å². The first kappa shape index (κ1) is 19.8. The van der Waals surface area contributed by atoms with Crippen molar-refractivity contribution in [2.75, 3.05) is 27.3 Å². The maximum absolute atomic E-state index is 13.1. The van der Waals surface area contributed by atoms with Crippen LogP contribution in [0.15, 0.2) is 55.0 Å². The molecule has 0 N–H and O–H groups in total. The van der Waals surface area contributed by atoms with Gasteiger partial charge in [0.2, 0.25) is 0 Å². The summed E-state index contributed by atoms with van der Waals surface area (Å²) in [6.07, 6.45) is 5.05. The predicted octanol–water partition coefficient (Wildman–Crippen LogP) is 3.22. The summed E-state index contributed by atoms with van der Waals surface area (Å²) in [5.74, 6) is 2.19. The molecule has 1 saturated heterocycles. The minimum Gasteiger partial charge on any atom is -0.493 e. The number of pyridine rings is 1. The molecular weight excluding hydrogens is 380 g/mol. The molecule has 3 aromatic rings. The second kappa shape index (κ2) is 8.49. The van der Waals surface area contributed by atoms with Crippen LogP contribution in [0.4, 0.5) is 0 Å². The number of carbonyl (C=O) groups is 1. The van der Waals surface area contributed by atoms with Gasteiger partial charge in [-0.15, -0.1) is 0 Å². The van der Waals surface area contributed by atoms with Gasteiger partial charge in [-0.2, -0.15) is 0 Å². The number of benzene rings is 1. The van der Waals surface area contributed by atoms with Gasteiger partial charge in [0.15, 0.2) is 11.5 Å². The Morgan fingerprint density at radius 1 is 0.967 bits per heavy atom. The van der Waals surface area contributed by atoms with Crippen molar-refractivity contribution in [1.82, 2.24) is 19.9 Å². The van der Waals surface area contributed by atoms with E-state index in [0.717, 1.165) is 17.1 Å². The summed E-state index contributed by atoms with van der Waals surface area (Å²) in [5.41, 5.74) is 2.65. The van der Waals surface area contributed by atoms with Gasteiger partial charge in [-0.3, -0.25) is 9.78 Å². The van der Waals surface area contributed by atoms with Crippen LogP contribution in [-0.2, 0) is 0 Å². The van der Waals surface area contributed by atoms with E-state index in [1.54, 1.807) is 44.9 Å². The third-order valence-electron chi connectivity index (χ3n) is 5.55. The fraction of sp³-hybridized carbons (Fsp3) is 0.304. The van der Waals surface area contributed by atoms with E-state index in [1.807, 2.05) is 36.1 Å². The van der Waals surface area contributed by atoms with E-state index in [9.17, 15) is 4.79 Å². The summed E-state index contributed by atoms with van der Waals surface area (Å²) in [5, 5.41) is 0. The minimum absolute atomic E-state index is 0.00356. The summed E-state index contributed by atoms with van der Waals surface area (Å²) >= 11 is 0. The molecule has 154 valence electrons. The summed E-state index contributed by atoms with van der Waals surface area (Å²) in [4.78, 5) is 27.9. The van der Waals surface area contributed by atoms with Crippen LogP contribution in [0.25, 0.3) is 0 Å². The lowest BCUT2D eigenvalue weighted by Crippen LogP contribution is -2.28. The Hall–Kier alpha value is -3.48. The lowest BCUT2D eigenvalue weighted by molar-refractivity contribution is 0.0789. The molecule has 7 heteroatoms. The second-order valence-corrected chi connectivity index (χ2v) is 7.30. The lowest BCUT2D eigenvalue weighted by Gasteiger charge is -2.19. The summed E-state index contributed by atoms with van der Waals surface area (Å²) in [7, 11) is 3.25. The van der Waals surface area contributed by atoms with E-state index < -0.39 is 0 Å². The molecule has 3 heterocycles. The minimum atomic E-state index is -0.00356. The normalized spacial score (nSPS) is 18.3. The molecule has 2 aromatic heterocycles. The van der Waals surface area contributed by atoms with Gasteiger partial charge < -0.3 is 14.4 Å². The molecule has 0 saturated carbocycles. The topological polar surface area (TPSA) is 77.4 Å². The average molecular weight is 404 g/mol. The zero-order valence-corrected chi connectivity index (χ0v) is 17.3. The molecule has 0 spiro atoms. The fourth-order valence-electron chi connectivity index (χ4n) is 4.05. The Labute approximate surface area is 175 Å². The number of amides is 1. The standard InChI is InChI=1S/C23H24N4O3/c1-15-25-11-8-20(26-15)19-14-27(23(28)16-6-9-24-10-7-16)13-18(19)17-4-5-21(29-2)22(12-17)30-3/h4-12,18-19H,13-14H2,1-3H3/t18-,19+/m0/s1. The first-order valence-corrected chi connectivity index (χ1v) is 9.81. The fourth-order valence-corrected chi connectivity index (χ4v) is 4.05. The third kappa shape index (κ3) is 3.83. The smallest absolute Gasteiger partial charge is 0.254 e. The quantitative estimate of drug-likeness (QED) is 0.650. The van der Waals surface area contributed by atoms with Crippen molar-refractivity contribution in [3.8, 4) is 11.5 Å². The summed E-state index contributed by atoms with van der Waals surface area (Å²) < 4.78 is 10.9. The molecule has 30 heavy (non-hydrogen) atoms. The third-order valence-corrected chi connectivity index (χ3v) is 5.55. The highest BCUT2D eigenvalue weighted by Crippen LogP contribution is 2.42. The number of hydrogen-bond acceptors (Lipinski definition) is 6. The van der Waals surface area contributed by atoms with E-state index in [2.05, 4.69) is 15.0 Å². The first-order valence-electron chi connectivity index (χ1n) is 9.81. The molecule has 4 rings (SSSR count). The van der Waals surface area contributed by atoms with Gasteiger partial charge in [-0.1, -0.05) is 6.07 Å². The summed E-state index contributed by atoms with van der Waals surface area (Å²) in [6, 6.07) is 11.4. The molecule has 1 amide bonds. The van der Waals surface area contributed by atoms with E-state index in [0.29, 0.717) is 30.2 Å². The number of aromatic nitrogens is 3. The SMILES string of the molecule is COc1ccc([C@@H]2CN(C(=O)c3ccncc3)C[C@H]2c2ccnc(C)n2)cc1OC. The number of methoxy groups -OCH3 is 2. The van der Waals surface area contributed by atoms with Crippen LogP contribution >= 0.6 is 0 Å². The van der Waals surface area contributed by atoms with Gasteiger partial charge in [-0.25, -0.2) is 9.97 Å². The van der Waals surface area contributed by atoms with Crippen molar-refractivity contribution in [3.63, 3.8) is 0 Å². The van der Waals surface area contributed by atoms with Crippen LogP contribution in [0.5, 0.6) is 11.5 Å². The Balaban J connectivity index is 1.71. The summed E-state index contributed by atoms with van der Waals surface area (Å²) in [6.45, 7) is 3.05. The van der Waals surface area contributed by atoms with E-state index >= 15 is 0 Å².